The third-order valence-corrected chi connectivity index (χ3v) is 6.19. The van der Waals surface area contributed by atoms with E-state index in [1.54, 1.807) is 12.0 Å². The fourth-order valence-electron chi connectivity index (χ4n) is 4.32. The molecule has 2 saturated heterocycles. The molecule has 1 saturated carbocycles. The van der Waals surface area contributed by atoms with Crippen LogP contribution in [0, 0.1) is 0 Å². The fourth-order valence-corrected chi connectivity index (χ4v) is 4.32. The molecular formula is C24H28N2O4. The molecule has 6 heteroatoms. The molecule has 1 aliphatic carbocycles. The second-order valence-corrected chi connectivity index (χ2v) is 8.18. The molecule has 1 atom stereocenters. The van der Waals surface area contributed by atoms with Crippen LogP contribution in [0.5, 0.6) is 11.5 Å². The molecule has 3 aliphatic rings. The lowest BCUT2D eigenvalue weighted by Gasteiger charge is -2.30. The number of rotatable bonds is 6. The highest BCUT2D eigenvalue weighted by molar-refractivity contribution is 5.99. The summed E-state index contributed by atoms with van der Waals surface area (Å²) in [6, 6.07) is 14.2. The summed E-state index contributed by atoms with van der Waals surface area (Å²) in [5.41, 5.74) is 3.26. The lowest BCUT2D eigenvalue weighted by Crippen LogP contribution is -2.36. The van der Waals surface area contributed by atoms with Crippen molar-refractivity contribution in [3.05, 3.63) is 48.0 Å². The summed E-state index contributed by atoms with van der Waals surface area (Å²) in [4.78, 5) is 17.1. The zero-order valence-corrected chi connectivity index (χ0v) is 17.4. The summed E-state index contributed by atoms with van der Waals surface area (Å²) in [7, 11) is 1.67. The number of hydrogen-bond donors (Lipinski definition) is 0. The van der Waals surface area contributed by atoms with Crippen molar-refractivity contribution < 1.29 is 19.0 Å². The Hall–Kier alpha value is -2.73. The van der Waals surface area contributed by atoms with E-state index >= 15 is 0 Å². The van der Waals surface area contributed by atoms with Gasteiger partial charge in [0.1, 0.15) is 11.5 Å². The minimum atomic E-state index is -0.443. The molecule has 6 nitrogen and oxygen atoms in total. The minimum absolute atomic E-state index is 0.00226. The largest absolute Gasteiger partial charge is 0.495 e. The Labute approximate surface area is 177 Å². The van der Waals surface area contributed by atoms with E-state index in [4.69, 9.17) is 14.2 Å². The normalized spacial score (nSPS) is 21.8. The van der Waals surface area contributed by atoms with Crippen molar-refractivity contribution in [3.8, 4) is 11.5 Å². The van der Waals surface area contributed by atoms with Gasteiger partial charge in [-0.2, -0.15) is 0 Å². The first-order valence-corrected chi connectivity index (χ1v) is 10.8. The first kappa shape index (κ1) is 19.2. The molecule has 0 N–H and O–H groups in total. The van der Waals surface area contributed by atoms with Crippen LogP contribution < -0.4 is 19.3 Å². The average Bonchev–Trinajstić information content (AvgIpc) is 3.59. The number of ether oxygens (including phenoxy) is 3. The van der Waals surface area contributed by atoms with Gasteiger partial charge in [0.25, 0.3) is 5.91 Å². The zero-order chi connectivity index (χ0) is 20.5. The zero-order valence-electron chi connectivity index (χ0n) is 17.4. The summed E-state index contributed by atoms with van der Waals surface area (Å²) in [6.45, 7) is 3.76. The summed E-state index contributed by atoms with van der Waals surface area (Å²) in [5.74, 6) is 2.27. The van der Waals surface area contributed by atoms with E-state index < -0.39 is 6.10 Å². The topological polar surface area (TPSA) is 51.2 Å². The van der Waals surface area contributed by atoms with Crippen LogP contribution in [-0.4, -0.2) is 52.0 Å². The van der Waals surface area contributed by atoms with Crippen molar-refractivity contribution in [1.82, 2.24) is 0 Å². The maximum Gasteiger partial charge on any atom is 0.268 e. The monoisotopic (exact) mass is 408 g/mol. The average molecular weight is 408 g/mol. The second kappa shape index (κ2) is 8.19. The number of morpholine rings is 1. The van der Waals surface area contributed by atoms with Gasteiger partial charge in [0.15, 0.2) is 6.10 Å². The van der Waals surface area contributed by atoms with Gasteiger partial charge in [-0.1, -0.05) is 12.1 Å². The third kappa shape index (κ3) is 3.84. The number of nitrogens with zero attached hydrogens (tertiary/aromatic N) is 2. The fraction of sp³-hybridized carbons (Fsp3) is 0.458. The summed E-state index contributed by atoms with van der Waals surface area (Å²) in [6.07, 6.45) is 2.80. The molecule has 3 fully saturated rings. The Morgan fingerprint density at radius 2 is 1.73 bits per heavy atom. The van der Waals surface area contributed by atoms with Crippen molar-refractivity contribution in [2.75, 3.05) is 49.8 Å². The third-order valence-electron chi connectivity index (χ3n) is 6.19. The maximum atomic E-state index is 13.0. The molecule has 0 radical (unpaired) electrons. The summed E-state index contributed by atoms with van der Waals surface area (Å²) in [5, 5.41) is 0. The highest BCUT2D eigenvalue weighted by Gasteiger charge is 2.35. The van der Waals surface area contributed by atoms with Gasteiger partial charge in [0, 0.05) is 37.8 Å². The predicted molar refractivity (Wildman–Crippen MR) is 116 cm³/mol. The number of carbonyl (C=O) groups excluding carboxylic acids is 1. The molecule has 30 heavy (non-hydrogen) atoms. The SMILES string of the molecule is COc1cc(N2CC[C@H](Oc3ccc(C4CC4)cc3)C2=O)ccc1N1CCOCC1. The van der Waals surface area contributed by atoms with Gasteiger partial charge < -0.3 is 24.0 Å². The van der Waals surface area contributed by atoms with Crippen molar-refractivity contribution in [2.24, 2.45) is 0 Å². The highest BCUT2D eigenvalue weighted by atomic mass is 16.5. The van der Waals surface area contributed by atoms with Crippen LogP contribution in [-0.2, 0) is 9.53 Å². The molecule has 0 aromatic heterocycles. The number of amides is 1. The standard InChI is InChI=1S/C24H28N2O4/c1-28-23-16-19(6-9-21(23)25-12-14-29-15-13-25)26-11-10-22(24(26)27)30-20-7-4-18(5-8-20)17-2-3-17/h4-9,16-17,22H,2-3,10-15H2,1H3/t22-/m0/s1. The molecule has 2 aliphatic heterocycles. The van der Waals surface area contributed by atoms with Crippen LogP contribution in [0.15, 0.2) is 42.5 Å². The first-order chi connectivity index (χ1) is 14.7. The molecule has 0 bridgehead atoms. The quantitative estimate of drug-likeness (QED) is 0.731. The Morgan fingerprint density at radius 3 is 2.43 bits per heavy atom. The van der Waals surface area contributed by atoms with Crippen molar-refractivity contribution in [2.45, 2.75) is 31.3 Å². The maximum absolute atomic E-state index is 13.0. The molecule has 158 valence electrons. The second-order valence-electron chi connectivity index (χ2n) is 8.18. The molecule has 0 unspecified atom stereocenters. The molecule has 0 spiro atoms. The first-order valence-electron chi connectivity index (χ1n) is 10.8. The molecule has 2 aromatic carbocycles. The van der Waals surface area contributed by atoms with Crippen LogP contribution in [0.1, 0.15) is 30.7 Å². The van der Waals surface area contributed by atoms with Gasteiger partial charge >= 0.3 is 0 Å². The van der Waals surface area contributed by atoms with E-state index in [0.717, 1.165) is 55.1 Å². The van der Waals surface area contributed by atoms with E-state index in [2.05, 4.69) is 17.0 Å². The van der Waals surface area contributed by atoms with Gasteiger partial charge in [-0.15, -0.1) is 0 Å². The van der Waals surface area contributed by atoms with Gasteiger partial charge in [-0.3, -0.25) is 4.79 Å². The van der Waals surface area contributed by atoms with Gasteiger partial charge in [0.05, 0.1) is 26.0 Å². The Bertz CT molecular complexity index is 904. The smallest absolute Gasteiger partial charge is 0.268 e. The Kier molecular flexibility index (Phi) is 5.25. The van der Waals surface area contributed by atoms with Crippen LogP contribution in [0.25, 0.3) is 0 Å². The van der Waals surface area contributed by atoms with Gasteiger partial charge in [0.2, 0.25) is 0 Å². The molecule has 1 amide bonds. The molecule has 2 heterocycles. The van der Waals surface area contributed by atoms with E-state index in [1.807, 2.05) is 30.3 Å². The predicted octanol–water partition coefficient (Wildman–Crippen LogP) is 3.59. The highest BCUT2D eigenvalue weighted by Crippen LogP contribution is 2.40. The van der Waals surface area contributed by atoms with Gasteiger partial charge in [-0.05, 0) is 48.6 Å². The van der Waals surface area contributed by atoms with Crippen molar-refractivity contribution in [1.29, 1.82) is 0 Å². The Morgan fingerprint density at radius 1 is 0.967 bits per heavy atom. The number of carbonyl (C=O) groups is 1. The van der Waals surface area contributed by atoms with Gasteiger partial charge in [-0.25, -0.2) is 0 Å². The summed E-state index contributed by atoms with van der Waals surface area (Å²) < 4.78 is 17.1. The lowest BCUT2D eigenvalue weighted by molar-refractivity contribution is -0.122. The van der Waals surface area contributed by atoms with E-state index in [-0.39, 0.29) is 5.91 Å². The Balaban J connectivity index is 1.28. The number of hydrogen-bond acceptors (Lipinski definition) is 5. The minimum Gasteiger partial charge on any atom is -0.495 e. The summed E-state index contributed by atoms with van der Waals surface area (Å²) >= 11 is 0. The van der Waals surface area contributed by atoms with E-state index in [0.29, 0.717) is 13.0 Å². The van der Waals surface area contributed by atoms with Crippen molar-refractivity contribution in [3.63, 3.8) is 0 Å². The van der Waals surface area contributed by atoms with Crippen LogP contribution in [0.2, 0.25) is 0 Å². The van der Waals surface area contributed by atoms with Crippen LogP contribution in [0.4, 0.5) is 11.4 Å². The van der Waals surface area contributed by atoms with Crippen LogP contribution >= 0.6 is 0 Å². The number of benzene rings is 2. The lowest BCUT2D eigenvalue weighted by atomic mass is 10.1. The van der Waals surface area contributed by atoms with E-state index in [9.17, 15) is 4.79 Å². The molecule has 5 rings (SSSR count). The molecular weight excluding hydrogens is 380 g/mol. The number of methoxy groups -OCH3 is 1. The van der Waals surface area contributed by atoms with Crippen LogP contribution in [0.3, 0.4) is 0 Å². The van der Waals surface area contributed by atoms with E-state index in [1.165, 1.54) is 18.4 Å². The number of anilines is 2. The molecule has 2 aromatic rings. The van der Waals surface area contributed by atoms with Crippen molar-refractivity contribution >= 4 is 17.3 Å².